The third-order valence-electron chi connectivity index (χ3n) is 15.1. The second-order valence-electron chi connectivity index (χ2n) is 24.7. The summed E-state index contributed by atoms with van der Waals surface area (Å²) in [6.45, 7) is 5.87. The third-order valence-corrected chi connectivity index (χ3v) is 17.6. The standard InChI is InChI=1S/3C23H28ClFN6O4S.CH4/c3*1-13(2)31-12-17(18-8-9-26-20(28-18)7-6-14(3)27-23(32)35-4)22(29-31)16-10-15(24)11-19(21(16)25)30-36(5,33)34;/h3*8-14,30H,6-7H2,1-5H3,(H,27,32);1H4/t3*14-;/m000./s1/i2*1D3,13D;;/t2*13?,14-;m;. The number of nitrogens with one attached hydrogen (secondary N) is 6. The Balaban J connectivity index is 0.000000272. The number of hydrogen-bond acceptors (Lipinski definition) is 21. The maximum atomic E-state index is 15.7. The molecule has 0 aliphatic rings. The lowest BCUT2D eigenvalue weighted by atomic mass is 10.0. The molecule has 9 rings (SSSR count). The smallest absolute Gasteiger partial charge is 0.407 e. The molecule has 6 N–H and O–H groups in total. The Morgan fingerprint density at radius 3 is 0.982 bits per heavy atom. The van der Waals surface area contributed by atoms with Crippen molar-refractivity contribution in [2.24, 2.45) is 0 Å². The van der Waals surface area contributed by atoms with E-state index in [9.17, 15) is 39.6 Å². The van der Waals surface area contributed by atoms with Gasteiger partial charge in [-0.25, -0.2) is 82.7 Å². The first-order valence-electron chi connectivity index (χ1n) is 36.4. The largest absolute Gasteiger partial charge is 0.453 e. The van der Waals surface area contributed by atoms with E-state index in [2.05, 4.69) is 89.5 Å². The number of aromatic nitrogens is 12. The number of aryl methyl sites for hydroxylation is 3. The second kappa shape index (κ2) is 38.6. The van der Waals surface area contributed by atoms with Crippen molar-refractivity contribution in [3.63, 3.8) is 0 Å². The van der Waals surface area contributed by atoms with E-state index in [0.29, 0.717) is 67.3 Å². The van der Waals surface area contributed by atoms with Crippen LogP contribution < -0.4 is 30.1 Å². The van der Waals surface area contributed by atoms with Crippen LogP contribution in [0.1, 0.15) is 135 Å². The van der Waals surface area contributed by atoms with E-state index < -0.39 is 103 Å². The molecule has 0 saturated heterocycles. The fraction of sp³-hybridized carbons (Fsp3) is 0.400. The number of benzene rings is 3. The molecule has 5 atom stereocenters. The van der Waals surface area contributed by atoms with Crippen LogP contribution >= 0.6 is 34.8 Å². The zero-order valence-electron chi connectivity index (χ0n) is 68.5. The van der Waals surface area contributed by atoms with Gasteiger partial charge in [-0.2, -0.15) is 15.3 Å². The fourth-order valence-corrected chi connectivity index (χ4v) is 12.4. The van der Waals surface area contributed by atoms with Gasteiger partial charge in [0.05, 0.1) is 77.0 Å². The molecule has 3 aromatic carbocycles. The van der Waals surface area contributed by atoms with E-state index in [1.165, 1.54) is 82.5 Å². The minimum Gasteiger partial charge on any atom is -0.453 e. The van der Waals surface area contributed by atoms with Gasteiger partial charge in [0, 0.05) is 149 Å². The summed E-state index contributed by atoms with van der Waals surface area (Å²) in [7, 11) is -7.69. The maximum absolute atomic E-state index is 15.7. The summed E-state index contributed by atoms with van der Waals surface area (Å²) in [5.74, 6) is -1.58. The van der Waals surface area contributed by atoms with Gasteiger partial charge in [0.15, 0.2) is 17.5 Å². The van der Waals surface area contributed by atoms with Crippen LogP contribution in [-0.4, -0.2) is 161 Å². The minimum absolute atomic E-state index is 0. The molecule has 0 spiro atoms. The van der Waals surface area contributed by atoms with Crippen LogP contribution in [0.3, 0.4) is 0 Å². The molecule has 6 aromatic heterocycles. The summed E-state index contributed by atoms with van der Waals surface area (Å²) in [5.41, 5.74) is 0.200. The molecule has 3 amide bonds. The molecule has 0 bridgehead atoms. The number of amides is 3. The number of alkyl carbamates (subject to hydrolysis) is 3. The predicted octanol–water partition coefficient (Wildman–Crippen LogP) is 13.9. The Morgan fingerprint density at radius 2 is 0.734 bits per heavy atom. The van der Waals surface area contributed by atoms with Gasteiger partial charge in [0.1, 0.15) is 34.6 Å². The molecule has 9 aromatic rings. The van der Waals surface area contributed by atoms with Crippen LogP contribution in [0.4, 0.5) is 44.6 Å². The Hall–Kier alpha value is -9.75. The number of rotatable bonds is 27. The molecule has 39 heteroatoms. The Kier molecular flexibility index (Phi) is 26.9. The van der Waals surface area contributed by atoms with Crippen LogP contribution in [0, 0.1) is 17.5 Å². The Bertz CT molecular complexity index is 5220. The summed E-state index contributed by atoms with van der Waals surface area (Å²) in [4.78, 5) is 60.7. The van der Waals surface area contributed by atoms with E-state index in [4.69, 9.17) is 45.8 Å². The van der Waals surface area contributed by atoms with Crippen molar-refractivity contribution >= 4 is 100 Å². The molecule has 6 heterocycles. The first kappa shape index (κ1) is 76.0. The SMILES string of the molecule is C.COC(=O)N[C@@H](C)CCc1nccc(-c2cn(C(C)C)nc2-c2cc(Cl)cc(NS(C)(=O)=O)c2F)n1.[2H]C([2H])([2H])C([2H])(C)n1cc(-c2ccnc(CC[C@H](C)NC(=O)OC)n2)c(-c2cc(Cl)cc(NS(C)(=O)=O)c2F)n1.[2H]C([2H])([2H])C([2H])(C)n1cc(-c2ccnc(CC[C@H](C)NC(=O)OC)n2)c(-c2cc(Cl)cc(NS(C)(=O)=O)c2F)n1. The quantitative estimate of drug-likeness (QED) is 0.0260. The van der Waals surface area contributed by atoms with E-state index in [0.717, 1.165) is 54.1 Å². The lowest BCUT2D eigenvalue weighted by molar-refractivity contribution is 0.166. The average Bonchev–Trinajstić information content (AvgIpc) is 1.61. The van der Waals surface area contributed by atoms with E-state index in [-0.39, 0.29) is 109 Å². The van der Waals surface area contributed by atoms with Crippen molar-refractivity contribution in [3.8, 4) is 67.5 Å². The first-order valence-corrected chi connectivity index (χ1v) is 39.3. The molecule has 109 heavy (non-hydrogen) atoms. The Labute approximate surface area is 657 Å². The highest BCUT2D eigenvalue weighted by Gasteiger charge is 2.28. The number of carbonyl (C=O) groups excluding carboxylic acids is 3. The summed E-state index contributed by atoms with van der Waals surface area (Å²) in [5, 5.41) is 21.1. The Morgan fingerprint density at radius 1 is 0.468 bits per heavy atom. The minimum atomic E-state index is -3.88. The van der Waals surface area contributed by atoms with Crippen molar-refractivity contribution < 1.29 is 78.0 Å². The number of hydrogen-bond donors (Lipinski definition) is 6. The molecule has 0 fully saturated rings. The van der Waals surface area contributed by atoms with Crippen LogP contribution in [0.15, 0.2) is 91.8 Å². The lowest BCUT2D eigenvalue weighted by Crippen LogP contribution is -2.32. The fourth-order valence-electron chi connectivity index (χ4n) is 10.1. The average molecular weight is 1640 g/mol. The first-order chi connectivity index (χ1) is 53.7. The normalized spacial score (nSPS) is 14.7. The van der Waals surface area contributed by atoms with Gasteiger partial charge in [-0.15, -0.1) is 0 Å². The van der Waals surface area contributed by atoms with E-state index in [1.807, 2.05) is 20.8 Å². The molecule has 0 aliphatic carbocycles. The van der Waals surface area contributed by atoms with Gasteiger partial charge < -0.3 is 30.2 Å². The van der Waals surface area contributed by atoms with Crippen molar-refractivity contribution in [1.29, 1.82) is 0 Å². The van der Waals surface area contributed by atoms with Gasteiger partial charge in [0.2, 0.25) is 30.1 Å². The van der Waals surface area contributed by atoms with Crippen molar-refractivity contribution in [3.05, 3.63) is 142 Å². The zero-order valence-corrected chi connectivity index (χ0v) is 65.2. The summed E-state index contributed by atoms with van der Waals surface area (Å²) < 4.78 is 205. The lowest BCUT2D eigenvalue weighted by Gasteiger charge is -2.12. The van der Waals surface area contributed by atoms with Gasteiger partial charge in [-0.3, -0.25) is 28.2 Å². The molecule has 0 aliphatic heterocycles. The molecule has 0 saturated carbocycles. The number of nitrogens with zero attached hydrogens (tertiary/aromatic N) is 12. The van der Waals surface area contributed by atoms with Gasteiger partial charge in [0.25, 0.3) is 0 Å². The molecule has 590 valence electrons. The van der Waals surface area contributed by atoms with Gasteiger partial charge >= 0.3 is 18.3 Å². The number of anilines is 3. The molecular weight excluding hydrogens is 1540 g/mol. The predicted molar refractivity (Wildman–Crippen MR) is 414 cm³/mol. The number of carbonyl (C=O) groups is 3. The van der Waals surface area contributed by atoms with Gasteiger partial charge in [-0.05, 0) is 136 Å². The number of ether oxygens (including phenoxy) is 3. The highest BCUT2D eigenvalue weighted by molar-refractivity contribution is 7.92. The molecule has 0 radical (unpaired) electrons. The van der Waals surface area contributed by atoms with Crippen LogP contribution in [0.5, 0.6) is 0 Å². The second-order valence-corrected chi connectivity index (χ2v) is 31.2. The molecule has 2 unspecified atom stereocenters. The summed E-state index contributed by atoms with van der Waals surface area (Å²) >= 11 is 18.6. The number of sulfonamides is 3. The van der Waals surface area contributed by atoms with Crippen molar-refractivity contribution in [2.45, 2.75) is 144 Å². The monoisotopic (exact) mass is 1640 g/mol. The van der Waals surface area contributed by atoms with Crippen LogP contribution in [0.25, 0.3) is 67.5 Å². The van der Waals surface area contributed by atoms with Crippen molar-refractivity contribution in [1.82, 2.24) is 75.2 Å². The number of halogens is 6. The topological polar surface area (TPSA) is 384 Å². The van der Waals surface area contributed by atoms with Gasteiger partial charge in [-0.1, -0.05) is 42.2 Å². The van der Waals surface area contributed by atoms with Crippen LogP contribution in [-0.2, 0) is 63.5 Å². The van der Waals surface area contributed by atoms with Crippen LogP contribution in [0.2, 0.25) is 15.1 Å². The molecule has 30 nitrogen and oxygen atoms in total. The third kappa shape index (κ3) is 25.7. The summed E-state index contributed by atoms with van der Waals surface area (Å²) in [6, 6.07) is 6.62. The van der Waals surface area contributed by atoms with E-state index in [1.54, 1.807) is 37.0 Å². The highest BCUT2D eigenvalue weighted by atomic mass is 35.5. The maximum Gasteiger partial charge on any atom is 0.407 e. The summed E-state index contributed by atoms with van der Waals surface area (Å²) in [6.07, 6.45) is 12.3. The zero-order chi connectivity index (χ0) is 86.7. The van der Waals surface area contributed by atoms with Crippen molar-refractivity contribution in [2.75, 3.05) is 54.3 Å². The number of methoxy groups -OCH3 is 3. The van der Waals surface area contributed by atoms with E-state index >= 15 is 13.2 Å². The molecular formula is C70H88Cl3F3N18O12S3. The highest BCUT2D eigenvalue weighted by Crippen LogP contribution is 2.41.